The molecule has 1 aliphatic heterocycles. The maximum atomic E-state index is 14.0. The molecule has 2 heterocycles. The third kappa shape index (κ3) is 2.03. The van der Waals surface area contributed by atoms with Crippen molar-refractivity contribution < 1.29 is 8.78 Å². The highest BCUT2D eigenvalue weighted by Gasteiger charge is 2.26. The number of fused-ring (bicyclic) bond motifs is 3. The molecule has 2 aromatic carbocycles. The first kappa shape index (κ1) is 13.5. The lowest BCUT2D eigenvalue weighted by Crippen LogP contribution is -2.30. The minimum absolute atomic E-state index is 0.0146. The van der Waals surface area contributed by atoms with Gasteiger partial charge in [-0.25, -0.2) is 8.78 Å². The first-order chi connectivity index (χ1) is 10.6. The quantitative estimate of drug-likeness (QED) is 0.698. The summed E-state index contributed by atoms with van der Waals surface area (Å²) >= 11 is 0. The second-order valence-corrected chi connectivity index (χ2v) is 5.88. The van der Waals surface area contributed by atoms with Crippen LogP contribution in [0, 0.1) is 18.6 Å². The van der Waals surface area contributed by atoms with Gasteiger partial charge >= 0.3 is 0 Å². The van der Waals surface area contributed by atoms with E-state index < -0.39 is 11.6 Å². The van der Waals surface area contributed by atoms with Gasteiger partial charge in [0.2, 0.25) is 0 Å². The van der Waals surface area contributed by atoms with E-state index in [1.54, 1.807) is 0 Å². The summed E-state index contributed by atoms with van der Waals surface area (Å²) in [6.45, 7) is 2.83. The van der Waals surface area contributed by atoms with Crippen molar-refractivity contribution in [1.29, 1.82) is 0 Å². The number of nitrogens with one attached hydrogen (secondary N) is 2. The number of hydrogen-bond acceptors (Lipinski definition) is 1. The van der Waals surface area contributed by atoms with Crippen molar-refractivity contribution in [3.63, 3.8) is 0 Å². The Balaban J connectivity index is 1.91. The second-order valence-electron chi connectivity index (χ2n) is 5.88. The number of hydrogen-bond donors (Lipinski definition) is 2. The van der Waals surface area contributed by atoms with Gasteiger partial charge < -0.3 is 10.3 Å². The molecule has 0 saturated carbocycles. The summed E-state index contributed by atoms with van der Waals surface area (Å²) in [5.74, 6) is -1.07. The molecule has 0 amide bonds. The first-order valence-corrected chi connectivity index (χ1v) is 7.43. The highest BCUT2D eigenvalue weighted by atomic mass is 19.1. The lowest BCUT2D eigenvalue weighted by atomic mass is 9.94. The molecule has 1 aliphatic rings. The molecule has 0 saturated heterocycles. The zero-order valence-electron chi connectivity index (χ0n) is 12.2. The molecular weight excluding hydrogens is 282 g/mol. The second kappa shape index (κ2) is 4.92. The molecule has 0 fully saturated rings. The number of aromatic amines is 1. The van der Waals surface area contributed by atoms with E-state index in [1.165, 1.54) is 11.6 Å². The van der Waals surface area contributed by atoms with E-state index in [1.807, 2.05) is 6.92 Å². The zero-order chi connectivity index (χ0) is 15.3. The summed E-state index contributed by atoms with van der Waals surface area (Å²) in [4.78, 5) is 3.17. The number of benzene rings is 2. The molecule has 3 aromatic rings. The summed E-state index contributed by atoms with van der Waals surface area (Å²) in [6.07, 6.45) is 0.764. The Bertz CT molecular complexity index is 850. The van der Waals surface area contributed by atoms with E-state index in [4.69, 9.17) is 0 Å². The number of H-pyrrole nitrogens is 1. The van der Waals surface area contributed by atoms with Gasteiger partial charge in [0.05, 0.1) is 11.6 Å². The topological polar surface area (TPSA) is 27.8 Å². The zero-order valence-corrected chi connectivity index (χ0v) is 12.2. The van der Waals surface area contributed by atoms with E-state index in [2.05, 4.69) is 34.6 Å². The minimum atomic E-state index is -0.535. The molecule has 112 valence electrons. The molecule has 1 atom stereocenters. The van der Waals surface area contributed by atoms with Crippen LogP contribution < -0.4 is 5.32 Å². The van der Waals surface area contributed by atoms with E-state index in [-0.39, 0.29) is 6.04 Å². The van der Waals surface area contributed by atoms with Gasteiger partial charge in [0.15, 0.2) is 0 Å². The molecule has 2 nitrogen and oxygen atoms in total. The molecule has 0 bridgehead atoms. The molecule has 22 heavy (non-hydrogen) atoms. The predicted molar refractivity (Wildman–Crippen MR) is 82.9 cm³/mol. The molecule has 0 spiro atoms. The van der Waals surface area contributed by atoms with Crippen molar-refractivity contribution in [2.45, 2.75) is 19.4 Å². The summed E-state index contributed by atoms with van der Waals surface area (Å²) in [6, 6.07) is 10.6. The summed E-state index contributed by atoms with van der Waals surface area (Å²) < 4.78 is 27.6. The molecule has 4 rings (SSSR count). The van der Waals surface area contributed by atoms with Gasteiger partial charge in [-0.05, 0) is 30.5 Å². The largest absolute Gasteiger partial charge is 0.354 e. The van der Waals surface area contributed by atoms with Crippen LogP contribution in [0.5, 0.6) is 0 Å². The van der Waals surface area contributed by atoms with Crippen LogP contribution in [-0.4, -0.2) is 11.5 Å². The van der Waals surface area contributed by atoms with E-state index in [0.29, 0.717) is 10.9 Å². The molecule has 1 unspecified atom stereocenters. The van der Waals surface area contributed by atoms with E-state index in [0.717, 1.165) is 35.9 Å². The lowest BCUT2D eigenvalue weighted by Gasteiger charge is -2.25. The third-order valence-corrected chi connectivity index (χ3v) is 4.39. The van der Waals surface area contributed by atoms with Gasteiger partial charge in [-0.3, -0.25) is 0 Å². The monoisotopic (exact) mass is 298 g/mol. The van der Waals surface area contributed by atoms with E-state index in [9.17, 15) is 8.78 Å². The van der Waals surface area contributed by atoms with Gasteiger partial charge in [-0.1, -0.05) is 29.8 Å². The highest BCUT2D eigenvalue weighted by molar-refractivity contribution is 5.86. The molecular formula is C18H16F2N2. The SMILES string of the molecule is Cc1ccc(C2NCCc3c2[nH]c2c(F)cc(F)cc32)cc1. The van der Waals surface area contributed by atoms with Crippen molar-refractivity contribution in [2.24, 2.45) is 0 Å². The number of halogens is 2. The normalized spacial score (nSPS) is 17.7. The molecule has 1 aromatic heterocycles. The van der Waals surface area contributed by atoms with Crippen molar-refractivity contribution in [1.82, 2.24) is 10.3 Å². The predicted octanol–water partition coefficient (Wildman–Crippen LogP) is 3.99. The standard InChI is InChI=1S/C18H16F2N2/c1-10-2-4-11(5-3-10)16-18-13(6-7-21-16)14-8-12(19)9-15(20)17(14)22-18/h2-5,8-9,16,21-22H,6-7H2,1H3. The smallest absolute Gasteiger partial charge is 0.150 e. The highest BCUT2D eigenvalue weighted by Crippen LogP contribution is 2.34. The van der Waals surface area contributed by atoms with Crippen molar-refractivity contribution >= 4 is 10.9 Å². The van der Waals surface area contributed by atoms with Gasteiger partial charge in [-0.15, -0.1) is 0 Å². The Kier molecular flexibility index (Phi) is 3.01. The van der Waals surface area contributed by atoms with Gasteiger partial charge in [0.25, 0.3) is 0 Å². The average Bonchev–Trinajstić information content (AvgIpc) is 2.87. The Morgan fingerprint density at radius 3 is 2.64 bits per heavy atom. The van der Waals surface area contributed by atoms with E-state index >= 15 is 0 Å². The Morgan fingerprint density at radius 1 is 1.09 bits per heavy atom. The summed E-state index contributed by atoms with van der Waals surface area (Å²) in [5, 5.41) is 4.12. The van der Waals surface area contributed by atoms with Crippen LogP contribution in [0.3, 0.4) is 0 Å². The van der Waals surface area contributed by atoms with Gasteiger partial charge in [0, 0.05) is 23.7 Å². The fourth-order valence-electron chi connectivity index (χ4n) is 3.30. The fraction of sp³-hybridized carbons (Fsp3) is 0.222. The Hall–Kier alpha value is -2.20. The molecule has 0 aliphatic carbocycles. The maximum Gasteiger partial charge on any atom is 0.150 e. The molecule has 4 heteroatoms. The van der Waals surface area contributed by atoms with Gasteiger partial charge in [-0.2, -0.15) is 0 Å². The minimum Gasteiger partial charge on any atom is -0.354 e. The average molecular weight is 298 g/mol. The summed E-state index contributed by atoms with van der Waals surface area (Å²) in [7, 11) is 0. The van der Waals surface area contributed by atoms with Crippen LogP contribution >= 0.6 is 0 Å². The Labute approximate surface area is 127 Å². The number of rotatable bonds is 1. The van der Waals surface area contributed by atoms with Crippen molar-refractivity contribution in [3.8, 4) is 0 Å². The van der Waals surface area contributed by atoms with Crippen LogP contribution in [0.25, 0.3) is 10.9 Å². The van der Waals surface area contributed by atoms with Crippen LogP contribution in [0.4, 0.5) is 8.78 Å². The van der Waals surface area contributed by atoms with Crippen molar-refractivity contribution in [2.75, 3.05) is 6.54 Å². The molecule has 0 radical (unpaired) electrons. The summed E-state index contributed by atoms with van der Waals surface area (Å²) in [5.41, 5.74) is 4.67. The maximum absolute atomic E-state index is 14.0. The van der Waals surface area contributed by atoms with Crippen LogP contribution in [0.15, 0.2) is 36.4 Å². The number of aromatic nitrogens is 1. The van der Waals surface area contributed by atoms with Crippen molar-refractivity contribution in [3.05, 3.63) is 70.4 Å². The van der Waals surface area contributed by atoms with Crippen LogP contribution in [0.1, 0.15) is 28.4 Å². The fourth-order valence-corrected chi connectivity index (χ4v) is 3.30. The van der Waals surface area contributed by atoms with Crippen LogP contribution in [0.2, 0.25) is 0 Å². The Morgan fingerprint density at radius 2 is 1.86 bits per heavy atom. The van der Waals surface area contributed by atoms with Crippen LogP contribution in [-0.2, 0) is 6.42 Å². The molecule has 2 N–H and O–H groups in total. The van der Waals surface area contributed by atoms with Gasteiger partial charge in [0.1, 0.15) is 11.6 Å². The first-order valence-electron chi connectivity index (χ1n) is 7.43. The number of aryl methyl sites for hydroxylation is 1. The lowest BCUT2D eigenvalue weighted by molar-refractivity contribution is 0.559. The third-order valence-electron chi connectivity index (χ3n) is 4.39.